The van der Waals surface area contributed by atoms with E-state index >= 15 is 0 Å². The normalized spacial score (nSPS) is 14.6. The Morgan fingerprint density at radius 3 is 3.11 bits per heavy atom. The van der Waals surface area contributed by atoms with E-state index in [1.54, 1.807) is 0 Å². The molecule has 0 saturated carbocycles. The van der Waals surface area contributed by atoms with Crippen LogP contribution in [0.4, 0.5) is 5.69 Å². The van der Waals surface area contributed by atoms with Crippen LogP contribution in [0.3, 0.4) is 0 Å². The first kappa shape index (κ1) is 11.4. The Bertz CT molecular complexity index is 595. The van der Waals surface area contributed by atoms with Crippen molar-refractivity contribution in [2.24, 2.45) is 5.84 Å². The number of para-hydroxylation sites is 1. The molecule has 94 valence electrons. The number of rotatable bonds is 2. The number of hydrogen-bond donors (Lipinski definition) is 2. The third kappa shape index (κ3) is 1.65. The summed E-state index contributed by atoms with van der Waals surface area (Å²) in [5.74, 6) is 5.70. The molecule has 4 nitrogen and oxygen atoms in total. The zero-order chi connectivity index (χ0) is 12.5. The molecule has 2 aromatic rings. The van der Waals surface area contributed by atoms with Crippen LogP contribution >= 0.6 is 0 Å². The minimum Gasteiger partial charge on any atom is -0.376 e. The Morgan fingerprint density at radius 1 is 1.44 bits per heavy atom. The van der Waals surface area contributed by atoms with Crippen LogP contribution in [0.1, 0.15) is 23.7 Å². The monoisotopic (exact) mass is 243 g/mol. The number of anilines is 1. The first-order valence-corrected chi connectivity index (χ1v) is 6.33. The van der Waals surface area contributed by atoms with E-state index in [2.05, 4.69) is 30.5 Å². The summed E-state index contributed by atoms with van der Waals surface area (Å²) in [6.45, 7) is 3.48. The highest BCUT2D eigenvalue weighted by Gasteiger charge is 2.18. The van der Waals surface area contributed by atoms with Gasteiger partial charge in [0.25, 0.3) is 0 Å². The van der Waals surface area contributed by atoms with Gasteiger partial charge in [0, 0.05) is 17.4 Å². The molecule has 1 aromatic heterocycles. The summed E-state index contributed by atoms with van der Waals surface area (Å²) in [6.07, 6.45) is 1.83. The second-order valence-electron chi connectivity index (χ2n) is 4.53. The second-order valence-corrected chi connectivity index (χ2v) is 4.53. The largest absolute Gasteiger partial charge is 0.376 e. The predicted octanol–water partition coefficient (Wildman–Crippen LogP) is 2.16. The number of nitrogens with one attached hydrogen (secondary N) is 1. The number of hydrogen-bond acceptors (Lipinski definition) is 4. The molecule has 0 saturated heterocycles. The van der Waals surface area contributed by atoms with Crippen LogP contribution in [0.15, 0.2) is 18.2 Å². The maximum absolute atomic E-state index is 5.70. The van der Waals surface area contributed by atoms with Crippen LogP contribution in [0.2, 0.25) is 0 Å². The lowest BCUT2D eigenvalue weighted by atomic mass is 10.00. The van der Waals surface area contributed by atoms with E-state index in [1.165, 1.54) is 5.56 Å². The van der Waals surface area contributed by atoms with Crippen molar-refractivity contribution in [2.75, 3.05) is 12.0 Å². The number of ether oxygens (including phenoxy) is 1. The average molecular weight is 243 g/mol. The molecule has 0 amide bonds. The van der Waals surface area contributed by atoms with Crippen molar-refractivity contribution >= 4 is 16.6 Å². The van der Waals surface area contributed by atoms with Gasteiger partial charge in [-0.05, 0) is 12.0 Å². The number of fused-ring (bicyclic) bond motifs is 2. The smallest absolute Gasteiger partial charge is 0.0758 e. The molecule has 1 aromatic carbocycles. The molecule has 1 aliphatic rings. The number of nitrogens with two attached hydrogens (primary N) is 1. The minimum absolute atomic E-state index is 0.591. The van der Waals surface area contributed by atoms with Crippen molar-refractivity contribution in [3.63, 3.8) is 0 Å². The molecular weight excluding hydrogens is 226 g/mol. The van der Waals surface area contributed by atoms with Crippen molar-refractivity contribution < 1.29 is 4.74 Å². The highest BCUT2D eigenvalue weighted by molar-refractivity contribution is 5.95. The van der Waals surface area contributed by atoms with Gasteiger partial charge in [0.05, 0.1) is 30.1 Å². The molecule has 1 aliphatic heterocycles. The Balaban J connectivity index is 2.36. The molecule has 0 aliphatic carbocycles. The summed E-state index contributed by atoms with van der Waals surface area (Å²) in [4.78, 5) is 4.82. The molecular formula is C14H17N3O. The van der Waals surface area contributed by atoms with Crippen molar-refractivity contribution in [3.05, 3.63) is 35.0 Å². The van der Waals surface area contributed by atoms with Gasteiger partial charge in [-0.15, -0.1) is 0 Å². The van der Waals surface area contributed by atoms with Gasteiger partial charge in [0.2, 0.25) is 0 Å². The lowest BCUT2D eigenvalue weighted by molar-refractivity contribution is 0.110. The van der Waals surface area contributed by atoms with Crippen LogP contribution in [0.25, 0.3) is 10.9 Å². The SMILES string of the molecule is CCc1cccc2c(NN)c3c(nc12)CCOC3. The number of aromatic nitrogens is 1. The number of hydrazine groups is 1. The molecule has 0 fully saturated rings. The Hall–Kier alpha value is -1.65. The van der Waals surface area contributed by atoms with Crippen LogP contribution in [0.5, 0.6) is 0 Å². The van der Waals surface area contributed by atoms with Gasteiger partial charge in [-0.25, -0.2) is 0 Å². The average Bonchev–Trinajstić information content (AvgIpc) is 2.44. The summed E-state index contributed by atoms with van der Waals surface area (Å²) < 4.78 is 5.51. The summed E-state index contributed by atoms with van der Waals surface area (Å²) in [7, 11) is 0. The molecule has 0 unspecified atom stereocenters. The van der Waals surface area contributed by atoms with Gasteiger partial charge in [-0.3, -0.25) is 10.8 Å². The standard InChI is InChI=1S/C14H17N3O/c1-2-9-4-3-5-10-13(9)16-12-6-7-18-8-11(12)14(10)17-15/h3-5H,2,6-8,15H2,1H3,(H,16,17). The van der Waals surface area contributed by atoms with Crippen molar-refractivity contribution in [1.82, 2.24) is 4.98 Å². The van der Waals surface area contributed by atoms with E-state index in [1.807, 2.05) is 0 Å². The van der Waals surface area contributed by atoms with Crippen molar-refractivity contribution in [1.29, 1.82) is 0 Å². The van der Waals surface area contributed by atoms with Gasteiger partial charge in [-0.1, -0.05) is 25.1 Å². The highest BCUT2D eigenvalue weighted by atomic mass is 16.5. The number of nitrogen functional groups attached to an aromatic ring is 1. The topological polar surface area (TPSA) is 60.2 Å². The zero-order valence-electron chi connectivity index (χ0n) is 10.5. The molecule has 2 heterocycles. The van der Waals surface area contributed by atoms with Crippen molar-refractivity contribution in [3.8, 4) is 0 Å². The third-order valence-corrected chi connectivity index (χ3v) is 3.54. The fourth-order valence-corrected chi connectivity index (χ4v) is 2.59. The maximum atomic E-state index is 5.70. The van der Waals surface area contributed by atoms with Crippen LogP contribution < -0.4 is 11.3 Å². The lowest BCUT2D eigenvalue weighted by Gasteiger charge is -2.21. The van der Waals surface area contributed by atoms with E-state index in [0.717, 1.165) is 47.3 Å². The van der Waals surface area contributed by atoms with E-state index in [0.29, 0.717) is 6.61 Å². The minimum atomic E-state index is 0.591. The van der Waals surface area contributed by atoms with Gasteiger partial charge in [0.15, 0.2) is 0 Å². The maximum Gasteiger partial charge on any atom is 0.0758 e. The summed E-state index contributed by atoms with van der Waals surface area (Å²) in [5.41, 5.74) is 8.33. The molecule has 0 spiro atoms. The van der Waals surface area contributed by atoms with E-state index in [-0.39, 0.29) is 0 Å². The highest BCUT2D eigenvalue weighted by Crippen LogP contribution is 2.32. The number of benzene rings is 1. The van der Waals surface area contributed by atoms with Crippen LogP contribution in [-0.2, 0) is 24.2 Å². The number of pyridine rings is 1. The fourth-order valence-electron chi connectivity index (χ4n) is 2.59. The summed E-state index contributed by atoms with van der Waals surface area (Å²) >= 11 is 0. The quantitative estimate of drug-likeness (QED) is 0.627. The molecule has 18 heavy (non-hydrogen) atoms. The Kier molecular flexibility index (Phi) is 2.89. The van der Waals surface area contributed by atoms with Crippen LogP contribution in [0, 0.1) is 0 Å². The fraction of sp³-hybridized carbons (Fsp3) is 0.357. The van der Waals surface area contributed by atoms with Gasteiger partial charge >= 0.3 is 0 Å². The molecule has 0 bridgehead atoms. The van der Waals surface area contributed by atoms with Gasteiger partial charge in [-0.2, -0.15) is 0 Å². The third-order valence-electron chi connectivity index (χ3n) is 3.54. The zero-order valence-corrected chi connectivity index (χ0v) is 10.5. The van der Waals surface area contributed by atoms with Crippen molar-refractivity contribution in [2.45, 2.75) is 26.4 Å². The molecule has 3 rings (SSSR count). The van der Waals surface area contributed by atoms with Crippen LogP contribution in [-0.4, -0.2) is 11.6 Å². The van der Waals surface area contributed by atoms with E-state index in [9.17, 15) is 0 Å². The van der Waals surface area contributed by atoms with Gasteiger partial charge in [0.1, 0.15) is 0 Å². The Labute approximate surface area is 106 Å². The summed E-state index contributed by atoms with van der Waals surface area (Å²) in [6, 6.07) is 6.24. The molecule has 3 N–H and O–H groups in total. The number of aryl methyl sites for hydroxylation is 1. The predicted molar refractivity (Wildman–Crippen MR) is 72.3 cm³/mol. The van der Waals surface area contributed by atoms with E-state index < -0.39 is 0 Å². The second kappa shape index (κ2) is 4.55. The molecule has 0 radical (unpaired) electrons. The van der Waals surface area contributed by atoms with Gasteiger partial charge < -0.3 is 10.2 Å². The lowest BCUT2D eigenvalue weighted by Crippen LogP contribution is -2.18. The Morgan fingerprint density at radius 2 is 2.33 bits per heavy atom. The molecule has 0 atom stereocenters. The first-order chi connectivity index (χ1) is 8.85. The number of nitrogens with zero attached hydrogens (tertiary/aromatic N) is 1. The summed E-state index contributed by atoms with van der Waals surface area (Å²) in [5, 5.41) is 1.08. The first-order valence-electron chi connectivity index (χ1n) is 6.33. The van der Waals surface area contributed by atoms with E-state index in [4.69, 9.17) is 15.6 Å². The molecule has 4 heteroatoms.